The van der Waals surface area contributed by atoms with Crippen molar-refractivity contribution >= 4 is 11.9 Å². The third-order valence-electron chi connectivity index (χ3n) is 1.67. The van der Waals surface area contributed by atoms with Crippen LogP contribution in [-0.4, -0.2) is 35.7 Å². The van der Waals surface area contributed by atoms with Gasteiger partial charge < -0.3 is 9.84 Å². The number of ether oxygens (including phenoxy) is 1. The van der Waals surface area contributed by atoms with Gasteiger partial charge in [0.05, 0.1) is 11.6 Å². The van der Waals surface area contributed by atoms with Gasteiger partial charge >= 0.3 is 5.97 Å². The Morgan fingerprint density at radius 3 is 2.21 bits per heavy atom. The number of methoxy groups -OCH3 is 1. The van der Waals surface area contributed by atoms with E-state index in [-0.39, 0.29) is 18.2 Å². The molecule has 0 radical (unpaired) electrons. The number of amides is 1. The van der Waals surface area contributed by atoms with Gasteiger partial charge in [0.25, 0.3) is 5.91 Å². The van der Waals surface area contributed by atoms with Crippen LogP contribution < -0.4 is 0 Å². The molecule has 0 heterocycles. The van der Waals surface area contributed by atoms with E-state index in [0.29, 0.717) is 5.57 Å². The molecule has 0 rings (SSSR count). The van der Waals surface area contributed by atoms with Gasteiger partial charge in [0.1, 0.15) is 6.73 Å². The molecule has 6 heteroatoms. The van der Waals surface area contributed by atoms with E-state index in [2.05, 4.69) is 13.2 Å². The van der Waals surface area contributed by atoms with E-state index >= 15 is 0 Å². The molecular formula is C13H18N2O4. The number of rotatable bonds is 5. The summed E-state index contributed by atoms with van der Waals surface area (Å²) in [4.78, 5) is 23.2. The zero-order valence-electron chi connectivity index (χ0n) is 11.3. The van der Waals surface area contributed by atoms with Crippen molar-refractivity contribution in [2.75, 3.05) is 13.8 Å². The third kappa shape index (κ3) is 9.32. The molecule has 0 aromatic rings. The molecule has 0 aliphatic carbocycles. The van der Waals surface area contributed by atoms with Gasteiger partial charge in [-0.3, -0.25) is 9.69 Å². The van der Waals surface area contributed by atoms with Crippen LogP contribution in [0.25, 0.3) is 0 Å². The van der Waals surface area contributed by atoms with Crippen molar-refractivity contribution in [2.45, 2.75) is 13.8 Å². The second-order valence-corrected chi connectivity index (χ2v) is 3.42. The molecule has 0 saturated heterocycles. The van der Waals surface area contributed by atoms with Gasteiger partial charge in [-0.25, -0.2) is 4.79 Å². The Hall–Kier alpha value is -2.39. The Balaban J connectivity index is 0. The molecule has 0 aliphatic rings. The molecule has 104 valence electrons. The molecule has 0 spiro atoms. The minimum Gasteiger partial charge on any atom is -0.478 e. The highest BCUT2D eigenvalue weighted by atomic mass is 16.5. The second kappa shape index (κ2) is 10.7. The van der Waals surface area contributed by atoms with Crippen molar-refractivity contribution in [3.8, 4) is 6.07 Å². The van der Waals surface area contributed by atoms with Crippen LogP contribution in [0.4, 0.5) is 0 Å². The molecule has 1 N–H and O–H groups in total. The van der Waals surface area contributed by atoms with Gasteiger partial charge in [-0.15, -0.1) is 0 Å². The monoisotopic (exact) mass is 266 g/mol. The lowest BCUT2D eigenvalue weighted by Crippen LogP contribution is -2.29. The predicted octanol–water partition coefficient (Wildman–Crippen LogP) is 1.68. The number of nitriles is 1. The first-order valence-corrected chi connectivity index (χ1v) is 5.19. The highest BCUT2D eigenvalue weighted by Crippen LogP contribution is 2.03. The van der Waals surface area contributed by atoms with Gasteiger partial charge in [0, 0.05) is 25.0 Å². The molecule has 19 heavy (non-hydrogen) atoms. The van der Waals surface area contributed by atoms with E-state index in [0.717, 1.165) is 4.90 Å². The van der Waals surface area contributed by atoms with Crippen molar-refractivity contribution in [3.63, 3.8) is 0 Å². The van der Waals surface area contributed by atoms with Crippen LogP contribution in [0.15, 0.2) is 36.6 Å². The average molecular weight is 266 g/mol. The van der Waals surface area contributed by atoms with Crippen molar-refractivity contribution < 1.29 is 19.4 Å². The Bertz CT molecular complexity index is 419. The molecule has 0 aromatic carbocycles. The van der Waals surface area contributed by atoms with E-state index in [4.69, 9.17) is 15.1 Å². The number of carbonyl (C=O) groups excluding carboxylic acids is 1. The first-order chi connectivity index (χ1) is 8.81. The van der Waals surface area contributed by atoms with Crippen LogP contribution in [0.2, 0.25) is 0 Å². The summed E-state index contributed by atoms with van der Waals surface area (Å²) in [5, 5.41) is 16.2. The largest absolute Gasteiger partial charge is 0.478 e. The number of carbonyl (C=O) groups is 2. The summed E-state index contributed by atoms with van der Waals surface area (Å²) in [6, 6.07) is 1.69. The fraction of sp³-hybridized carbons (Fsp3) is 0.308. The minimum absolute atomic E-state index is 0.00366. The zero-order chi connectivity index (χ0) is 15.4. The molecule has 0 fully saturated rings. The number of allylic oxidation sites excluding steroid dienone is 1. The van der Waals surface area contributed by atoms with Crippen LogP contribution in [-0.2, 0) is 14.3 Å². The fourth-order valence-corrected chi connectivity index (χ4v) is 0.828. The van der Waals surface area contributed by atoms with E-state index in [1.807, 2.05) is 0 Å². The lowest BCUT2D eigenvalue weighted by Gasteiger charge is -2.17. The number of hydrogen-bond acceptors (Lipinski definition) is 4. The van der Waals surface area contributed by atoms with Gasteiger partial charge in [-0.1, -0.05) is 13.2 Å². The smallest absolute Gasteiger partial charge is 0.332 e. The maximum absolute atomic E-state index is 11.5. The molecule has 0 atom stereocenters. The topological polar surface area (TPSA) is 90.6 Å². The molecule has 0 aromatic heterocycles. The van der Waals surface area contributed by atoms with Crippen molar-refractivity contribution in [3.05, 3.63) is 36.6 Å². The molecule has 0 unspecified atom stereocenters. The minimum atomic E-state index is -1.08. The molecular weight excluding hydrogens is 248 g/mol. The van der Waals surface area contributed by atoms with Crippen LogP contribution >= 0.6 is 0 Å². The van der Waals surface area contributed by atoms with Crippen LogP contribution in [0.1, 0.15) is 13.8 Å². The fourth-order valence-electron chi connectivity index (χ4n) is 0.828. The first kappa shape index (κ1) is 19.0. The number of aliphatic carboxylic acids is 1. The quantitative estimate of drug-likeness (QED) is 0.464. The number of carboxylic acids is 1. The lowest BCUT2D eigenvalue weighted by atomic mass is 10.3. The number of hydrogen-bond donors (Lipinski definition) is 1. The summed E-state index contributed by atoms with van der Waals surface area (Å²) in [5.41, 5.74) is 0.378. The number of nitrogens with zero attached hydrogens (tertiary/aromatic N) is 2. The van der Waals surface area contributed by atoms with Crippen molar-refractivity contribution in [1.82, 2.24) is 4.90 Å². The van der Waals surface area contributed by atoms with Crippen molar-refractivity contribution in [1.29, 1.82) is 5.26 Å². The summed E-state index contributed by atoms with van der Waals surface area (Å²) in [6.07, 6.45) is 2.41. The van der Waals surface area contributed by atoms with Crippen molar-refractivity contribution in [2.24, 2.45) is 0 Å². The standard InChI is InChI=1S/C10H15NO4.C3H3N/c1-7(2)9(12)11(6-15-4)5-8(3)10(13)14;1-2-3-4/h5H,1,6H2,2-4H3,(H,13,14);2H,1H2. The third-order valence-corrected chi connectivity index (χ3v) is 1.67. The van der Waals surface area contributed by atoms with Crippen LogP contribution in [0.5, 0.6) is 0 Å². The van der Waals surface area contributed by atoms with Gasteiger partial charge in [-0.05, 0) is 13.8 Å². The SMILES string of the molecule is C=C(C)C(=O)N(C=C(C)C(=O)O)COC.C=CC#N. The normalized spacial score (nSPS) is 9.47. The summed E-state index contributed by atoms with van der Waals surface area (Å²) in [6.45, 7) is 9.55. The zero-order valence-corrected chi connectivity index (χ0v) is 11.3. The van der Waals surface area contributed by atoms with E-state index in [9.17, 15) is 9.59 Å². The Morgan fingerprint density at radius 1 is 1.47 bits per heavy atom. The summed E-state index contributed by atoms with van der Waals surface area (Å²) in [7, 11) is 1.42. The second-order valence-electron chi connectivity index (χ2n) is 3.42. The average Bonchev–Trinajstić information content (AvgIpc) is 2.37. The van der Waals surface area contributed by atoms with Gasteiger partial charge in [-0.2, -0.15) is 5.26 Å². The van der Waals surface area contributed by atoms with E-state index in [1.165, 1.54) is 26.3 Å². The van der Waals surface area contributed by atoms with Gasteiger partial charge in [0.2, 0.25) is 0 Å². The number of carboxylic acid groups (broad SMARTS) is 1. The van der Waals surface area contributed by atoms with Gasteiger partial charge in [0.15, 0.2) is 0 Å². The Kier molecular flexibility index (Phi) is 10.7. The highest BCUT2D eigenvalue weighted by Gasteiger charge is 2.13. The summed E-state index contributed by atoms with van der Waals surface area (Å²) < 4.78 is 4.78. The maximum Gasteiger partial charge on any atom is 0.332 e. The highest BCUT2D eigenvalue weighted by molar-refractivity contribution is 5.94. The molecule has 0 bridgehead atoms. The first-order valence-electron chi connectivity index (χ1n) is 5.19. The molecule has 0 saturated carbocycles. The van der Waals surface area contributed by atoms with Crippen LogP contribution in [0, 0.1) is 11.3 Å². The van der Waals surface area contributed by atoms with E-state index < -0.39 is 5.97 Å². The molecule has 6 nitrogen and oxygen atoms in total. The summed E-state index contributed by atoms with van der Waals surface area (Å²) >= 11 is 0. The van der Waals surface area contributed by atoms with Crippen LogP contribution in [0.3, 0.4) is 0 Å². The Labute approximate surface area is 112 Å². The van der Waals surface area contributed by atoms with E-state index in [1.54, 1.807) is 13.0 Å². The lowest BCUT2D eigenvalue weighted by molar-refractivity contribution is -0.132. The molecule has 1 amide bonds. The Morgan fingerprint density at radius 2 is 1.95 bits per heavy atom. The summed E-state index contributed by atoms with van der Waals surface area (Å²) in [5.74, 6) is -1.44. The maximum atomic E-state index is 11.5. The molecule has 0 aliphatic heterocycles. The predicted molar refractivity (Wildman–Crippen MR) is 70.7 cm³/mol.